The van der Waals surface area contributed by atoms with Gasteiger partial charge in [-0.15, -0.1) is 11.3 Å². The summed E-state index contributed by atoms with van der Waals surface area (Å²) >= 11 is 1.70. The topological polar surface area (TPSA) is 38.0 Å². The molecular formula is C11H14N2OS. The van der Waals surface area contributed by atoms with Crippen LogP contribution in [0.15, 0.2) is 18.3 Å². The van der Waals surface area contributed by atoms with E-state index >= 15 is 0 Å². The molecule has 2 heterocycles. The fraction of sp³-hybridized carbons (Fsp3) is 0.364. The van der Waals surface area contributed by atoms with Gasteiger partial charge in [0.2, 0.25) is 0 Å². The minimum Gasteiger partial charge on any atom is -0.382 e. The zero-order valence-corrected chi connectivity index (χ0v) is 9.88. The third kappa shape index (κ3) is 1.96. The molecule has 0 spiro atoms. The fourth-order valence-electron chi connectivity index (χ4n) is 1.66. The average molecular weight is 222 g/mol. The first kappa shape index (κ1) is 10.4. The molecule has 0 amide bonds. The Kier molecular flexibility index (Phi) is 2.63. The summed E-state index contributed by atoms with van der Waals surface area (Å²) in [6.45, 7) is 4.07. The van der Waals surface area contributed by atoms with Crippen molar-refractivity contribution in [2.24, 2.45) is 7.05 Å². The Bertz CT molecular complexity index is 473. The van der Waals surface area contributed by atoms with Crippen LogP contribution in [0, 0.1) is 13.8 Å². The van der Waals surface area contributed by atoms with Gasteiger partial charge in [0.25, 0.3) is 0 Å². The zero-order chi connectivity index (χ0) is 11.0. The van der Waals surface area contributed by atoms with E-state index < -0.39 is 6.10 Å². The van der Waals surface area contributed by atoms with Gasteiger partial charge >= 0.3 is 0 Å². The van der Waals surface area contributed by atoms with E-state index in [-0.39, 0.29) is 0 Å². The maximum atomic E-state index is 10.1. The lowest BCUT2D eigenvalue weighted by Crippen LogP contribution is -2.01. The van der Waals surface area contributed by atoms with Crippen molar-refractivity contribution < 1.29 is 5.11 Å². The smallest absolute Gasteiger partial charge is 0.124 e. The second-order valence-electron chi connectivity index (χ2n) is 3.69. The molecule has 2 rings (SSSR count). The van der Waals surface area contributed by atoms with Crippen molar-refractivity contribution in [3.8, 4) is 0 Å². The number of aromatic nitrogens is 2. The highest BCUT2D eigenvalue weighted by Crippen LogP contribution is 2.29. The van der Waals surface area contributed by atoms with E-state index in [1.807, 2.05) is 39.2 Å². The van der Waals surface area contributed by atoms with Crippen molar-refractivity contribution in [2.75, 3.05) is 0 Å². The van der Waals surface area contributed by atoms with Gasteiger partial charge < -0.3 is 5.11 Å². The molecule has 80 valence electrons. The second-order valence-corrected chi connectivity index (χ2v) is 5.15. The van der Waals surface area contributed by atoms with Gasteiger partial charge in [-0.25, -0.2) is 0 Å². The second kappa shape index (κ2) is 3.79. The highest BCUT2D eigenvalue weighted by molar-refractivity contribution is 7.12. The summed E-state index contributed by atoms with van der Waals surface area (Å²) in [6, 6.07) is 3.87. The number of hydrogen-bond donors (Lipinski definition) is 1. The number of thiophene rings is 1. The quantitative estimate of drug-likeness (QED) is 0.845. The molecule has 15 heavy (non-hydrogen) atoms. The van der Waals surface area contributed by atoms with Crippen LogP contribution < -0.4 is 0 Å². The maximum Gasteiger partial charge on any atom is 0.124 e. The monoisotopic (exact) mass is 222 g/mol. The Balaban J connectivity index is 2.35. The highest BCUT2D eigenvalue weighted by atomic mass is 32.1. The summed E-state index contributed by atoms with van der Waals surface area (Å²) in [5.74, 6) is 0. The molecule has 2 aromatic rings. The molecule has 1 atom stereocenters. The molecule has 2 aromatic heterocycles. The molecule has 1 unspecified atom stereocenters. The Morgan fingerprint density at radius 2 is 2.20 bits per heavy atom. The summed E-state index contributed by atoms with van der Waals surface area (Å²) in [4.78, 5) is 2.38. The summed E-state index contributed by atoms with van der Waals surface area (Å²) in [5.41, 5.74) is 1.68. The minimum absolute atomic E-state index is 0.601. The third-order valence-corrected chi connectivity index (χ3v) is 3.37. The Morgan fingerprint density at radius 1 is 1.47 bits per heavy atom. The van der Waals surface area contributed by atoms with Crippen LogP contribution in [0.2, 0.25) is 0 Å². The van der Waals surface area contributed by atoms with E-state index in [2.05, 4.69) is 5.10 Å². The molecule has 0 fully saturated rings. The molecule has 0 saturated heterocycles. The molecule has 0 bridgehead atoms. The molecule has 0 radical (unpaired) electrons. The first-order chi connectivity index (χ1) is 7.08. The van der Waals surface area contributed by atoms with E-state index in [9.17, 15) is 5.11 Å². The van der Waals surface area contributed by atoms with Crippen molar-refractivity contribution >= 4 is 11.3 Å². The summed E-state index contributed by atoms with van der Waals surface area (Å²) < 4.78 is 1.70. The first-order valence-corrected chi connectivity index (χ1v) is 5.64. The third-order valence-electron chi connectivity index (χ3n) is 2.39. The van der Waals surface area contributed by atoms with Gasteiger partial charge in [0.05, 0.1) is 5.69 Å². The van der Waals surface area contributed by atoms with Gasteiger partial charge in [-0.05, 0) is 26.0 Å². The lowest BCUT2D eigenvalue weighted by atomic mass is 10.1. The molecule has 4 heteroatoms. The molecule has 1 N–H and O–H groups in total. The molecule has 0 aromatic carbocycles. The van der Waals surface area contributed by atoms with Gasteiger partial charge in [-0.1, -0.05) is 0 Å². The van der Waals surface area contributed by atoms with E-state index in [1.54, 1.807) is 16.0 Å². The van der Waals surface area contributed by atoms with Crippen molar-refractivity contribution in [1.29, 1.82) is 0 Å². The number of hydrogen-bond acceptors (Lipinski definition) is 3. The Labute approximate surface area is 93.0 Å². The van der Waals surface area contributed by atoms with Crippen LogP contribution in [0.25, 0.3) is 0 Å². The van der Waals surface area contributed by atoms with Crippen molar-refractivity contribution in [2.45, 2.75) is 20.0 Å². The van der Waals surface area contributed by atoms with E-state index in [1.165, 1.54) is 4.88 Å². The molecule has 0 aliphatic carbocycles. The summed E-state index contributed by atoms with van der Waals surface area (Å²) in [7, 11) is 1.85. The molecular weight excluding hydrogens is 208 g/mol. The standard InChI is InChI=1S/C11H14N2OS/c1-7-6-9(8(2)15-7)11(14)10-4-5-13(3)12-10/h4-6,11,14H,1-3H3. The van der Waals surface area contributed by atoms with Crippen molar-refractivity contribution in [3.05, 3.63) is 39.3 Å². The van der Waals surface area contributed by atoms with Gasteiger partial charge in [-0.3, -0.25) is 4.68 Å². The minimum atomic E-state index is -0.601. The number of nitrogens with zero attached hydrogens (tertiary/aromatic N) is 2. The molecule has 0 aliphatic heterocycles. The average Bonchev–Trinajstić information content (AvgIpc) is 2.71. The van der Waals surface area contributed by atoms with Crippen LogP contribution in [-0.4, -0.2) is 14.9 Å². The van der Waals surface area contributed by atoms with Gasteiger partial charge in [0.15, 0.2) is 0 Å². The highest BCUT2D eigenvalue weighted by Gasteiger charge is 2.16. The number of aliphatic hydroxyl groups is 1. The number of aryl methyl sites for hydroxylation is 3. The maximum absolute atomic E-state index is 10.1. The normalized spacial score (nSPS) is 13.1. The van der Waals surface area contributed by atoms with Gasteiger partial charge in [-0.2, -0.15) is 5.10 Å². The predicted molar refractivity (Wildman–Crippen MR) is 61.1 cm³/mol. The van der Waals surface area contributed by atoms with Crippen LogP contribution >= 0.6 is 11.3 Å². The SMILES string of the molecule is Cc1cc(C(O)c2ccn(C)n2)c(C)s1. The van der Waals surface area contributed by atoms with Crippen LogP contribution in [0.3, 0.4) is 0 Å². The molecule has 0 saturated carbocycles. The first-order valence-electron chi connectivity index (χ1n) is 4.82. The van der Waals surface area contributed by atoms with Crippen molar-refractivity contribution in [1.82, 2.24) is 9.78 Å². The molecule has 0 aliphatic rings. The van der Waals surface area contributed by atoms with Gasteiger partial charge in [0, 0.05) is 28.6 Å². The van der Waals surface area contributed by atoms with Crippen LogP contribution in [0.4, 0.5) is 0 Å². The lowest BCUT2D eigenvalue weighted by molar-refractivity contribution is 0.214. The fourth-order valence-corrected chi connectivity index (χ4v) is 2.62. The predicted octanol–water partition coefficient (Wildman–Crippen LogP) is 2.18. The van der Waals surface area contributed by atoms with E-state index in [4.69, 9.17) is 0 Å². The lowest BCUT2D eigenvalue weighted by Gasteiger charge is -2.06. The zero-order valence-electron chi connectivity index (χ0n) is 9.06. The van der Waals surface area contributed by atoms with Crippen LogP contribution in [0.5, 0.6) is 0 Å². The van der Waals surface area contributed by atoms with Crippen molar-refractivity contribution in [3.63, 3.8) is 0 Å². The largest absolute Gasteiger partial charge is 0.382 e. The number of rotatable bonds is 2. The summed E-state index contributed by atoms with van der Waals surface area (Å²) in [5, 5.41) is 14.3. The van der Waals surface area contributed by atoms with Crippen LogP contribution in [-0.2, 0) is 7.05 Å². The van der Waals surface area contributed by atoms with E-state index in [0.717, 1.165) is 10.4 Å². The molecule has 3 nitrogen and oxygen atoms in total. The summed E-state index contributed by atoms with van der Waals surface area (Å²) in [6.07, 6.45) is 1.24. The number of aliphatic hydroxyl groups excluding tert-OH is 1. The van der Waals surface area contributed by atoms with E-state index in [0.29, 0.717) is 5.69 Å². The Hall–Kier alpha value is -1.13. The Morgan fingerprint density at radius 3 is 2.67 bits per heavy atom. The van der Waals surface area contributed by atoms with Crippen LogP contribution in [0.1, 0.15) is 27.1 Å². The van der Waals surface area contributed by atoms with Gasteiger partial charge in [0.1, 0.15) is 6.10 Å².